The van der Waals surface area contributed by atoms with E-state index in [1.54, 1.807) is 0 Å². The van der Waals surface area contributed by atoms with Gasteiger partial charge in [0.15, 0.2) is 11.7 Å². The van der Waals surface area contributed by atoms with Crippen LogP contribution in [0.5, 0.6) is 0 Å². The maximum atomic E-state index is 5.36. The fourth-order valence-electron chi connectivity index (χ4n) is 2.89. The van der Waals surface area contributed by atoms with E-state index in [1.165, 1.54) is 16.3 Å². The lowest BCUT2D eigenvalue weighted by Crippen LogP contribution is -2.38. The van der Waals surface area contributed by atoms with E-state index in [4.69, 9.17) is 4.52 Å². The SMILES string of the molecule is CCNC(=NCc1cc(C(C)C)no1)NCCc1ccc2ccccc2c1.I. The highest BCUT2D eigenvalue weighted by Gasteiger charge is 2.07. The summed E-state index contributed by atoms with van der Waals surface area (Å²) in [5.41, 5.74) is 2.28. The van der Waals surface area contributed by atoms with Gasteiger partial charge in [-0.25, -0.2) is 4.99 Å². The highest BCUT2D eigenvalue weighted by molar-refractivity contribution is 14.0. The molecule has 1 heterocycles. The van der Waals surface area contributed by atoms with E-state index in [0.717, 1.165) is 36.9 Å². The van der Waals surface area contributed by atoms with Gasteiger partial charge in [-0.2, -0.15) is 0 Å². The van der Waals surface area contributed by atoms with Crippen molar-refractivity contribution in [1.82, 2.24) is 15.8 Å². The monoisotopic (exact) mass is 492 g/mol. The van der Waals surface area contributed by atoms with E-state index in [-0.39, 0.29) is 24.0 Å². The number of aromatic nitrogens is 1. The maximum Gasteiger partial charge on any atom is 0.191 e. The van der Waals surface area contributed by atoms with Crippen molar-refractivity contribution in [3.63, 3.8) is 0 Å². The molecule has 150 valence electrons. The topological polar surface area (TPSA) is 62.5 Å². The number of nitrogens with one attached hydrogen (secondary N) is 2. The van der Waals surface area contributed by atoms with Crippen molar-refractivity contribution in [3.05, 3.63) is 65.5 Å². The Labute approximate surface area is 184 Å². The minimum absolute atomic E-state index is 0. The third kappa shape index (κ3) is 6.22. The fourth-order valence-corrected chi connectivity index (χ4v) is 2.89. The number of benzene rings is 2. The van der Waals surface area contributed by atoms with Crippen LogP contribution in [0.25, 0.3) is 10.8 Å². The van der Waals surface area contributed by atoms with E-state index >= 15 is 0 Å². The summed E-state index contributed by atoms with van der Waals surface area (Å²) in [7, 11) is 0. The smallest absolute Gasteiger partial charge is 0.191 e. The van der Waals surface area contributed by atoms with Crippen LogP contribution < -0.4 is 10.6 Å². The number of hydrogen-bond donors (Lipinski definition) is 2. The molecule has 2 N–H and O–H groups in total. The molecule has 3 rings (SSSR count). The highest BCUT2D eigenvalue weighted by atomic mass is 127. The Bertz CT molecular complexity index is 904. The molecule has 0 saturated heterocycles. The zero-order chi connectivity index (χ0) is 19.1. The molecule has 5 nitrogen and oxygen atoms in total. The molecule has 0 aliphatic carbocycles. The second kappa shape index (κ2) is 11.0. The highest BCUT2D eigenvalue weighted by Crippen LogP contribution is 2.16. The van der Waals surface area contributed by atoms with Crippen molar-refractivity contribution in [2.45, 2.75) is 39.7 Å². The lowest BCUT2D eigenvalue weighted by molar-refractivity contribution is 0.376. The maximum absolute atomic E-state index is 5.36. The molecule has 0 radical (unpaired) electrons. The minimum atomic E-state index is 0. The minimum Gasteiger partial charge on any atom is -0.359 e. The Morgan fingerprint density at radius 2 is 1.86 bits per heavy atom. The van der Waals surface area contributed by atoms with Crippen LogP contribution in [0.3, 0.4) is 0 Å². The van der Waals surface area contributed by atoms with Crippen LogP contribution in [0.1, 0.15) is 43.7 Å². The quantitative estimate of drug-likeness (QED) is 0.281. The van der Waals surface area contributed by atoms with Crippen LogP contribution in [-0.4, -0.2) is 24.2 Å². The van der Waals surface area contributed by atoms with E-state index in [9.17, 15) is 0 Å². The molecule has 28 heavy (non-hydrogen) atoms. The van der Waals surface area contributed by atoms with Gasteiger partial charge >= 0.3 is 0 Å². The molecule has 0 saturated carbocycles. The van der Waals surface area contributed by atoms with Crippen molar-refractivity contribution in [2.75, 3.05) is 13.1 Å². The van der Waals surface area contributed by atoms with Crippen molar-refractivity contribution >= 4 is 40.7 Å². The second-order valence-corrected chi connectivity index (χ2v) is 6.93. The Balaban J connectivity index is 0.00000280. The zero-order valence-corrected chi connectivity index (χ0v) is 19.1. The molecule has 0 aliphatic heterocycles. The lowest BCUT2D eigenvalue weighted by atomic mass is 10.1. The predicted octanol–water partition coefficient (Wildman–Crippen LogP) is 4.87. The summed E-state index contributed by atoms with van der Waals surface area (Å²) in [6.07, 6.45) is 0.940. The van der Waals surface area contributed by atoms with Gasteiger partial charge in [0.2, 0.25) is 0 Å². The number of guanidine groups is 1. The van der Waals surface area contributed by atoms with E-state index in [2.05, 4.69) is 84.0 Å². The Morgan fingerprint density at radius 3 is 2.57 bits per heavy atom. The molecular formula is C22H29IN4O. The van der Waals surface area contributed by atoms with Crippen LogP contribution >= 0.6 is 24.0 Å². The average molecular weight is 492 g/mol. The van der Waals surface area contributed by atoms with E-state index in [0.29, 0.717) is 12.5 Å². The molecule has 0 atom stereocenters. The molecule has 2 aromatic carbocycles. The van der Waals surface area contributed by atoms with Crippen LogP contribution in [-0.2, 0) is 13.0 Å². The summed E-state index contributed by atoms with van der Waals surface area (Å²) in [6.45, 7) is 8.37. The van der Waals surface area contributed by atoms with E-state index < -0.39 is 0 Å². The third-order valence-electron chi connectivity index (χ3n) is 4.43. The first-order chi connectivity index (χ1) is 13.2. The normalized spacial score (nSPS) is 11.5. The van der Waals surface area contributed by atoms with Gasteiger partial charge in [-0.1, -0.05) is 61.5 Å². The van der Waals surface area contributed by atoms with Crippen molar-refractivity contribution in [1.29, 1.82) is 0 Å². The van der Waals surface area contributed by atoms with Crippen LogP contribution in [0.2, 0.25) is 0 Å². The van der Waals surface area contributed by atoms with Gasteiger partial charge < -0.3 is 15.2 Å². The molecule has 3 aromatic rings. The number of nitrogens with zero attached hydrogens (tertiary/aromatic N) is 2. The zero-order valence-electron chi connectivity index (χ0n) is 16.7. The van der Waals surface area contributed by atoms with E-state index in [1.807, 2.05) is 6.07 Å². The summed E-state index contributed by atoms with van der Waals surface area (Å²) >= 11 is 0. The number of rotatable bonds is 7. The van der Waals surface area contributed by atoms with Gasteiger partial charge in [-0.05, 0) is 35.6 Å². The van der Waals surface area contributed by atoms with Gasteiger partial charge in [0.1, 0.15) is 6.54 Å². The number of aliphatic imine (C=N–C) groups is 1. The molecule has 0 unspecified atom stereocenters. The molecule has 0 amide bonds. The van der Waals surface area contributed by atoms with Crippen molar-refractivity contribution < 1.29 is 4.52 Å². The van der Waals surface area contributed by atoms with Gasteiger partial charge in [0.25, 0.3) is 0 Å². The molecule has 6 heteroatoms. The molecule has 0 aliphatic rings. The van der Waals surface area contributed by atoms with Crippen molar-refractivity contribution in [3.8, 4) is 0 Å². The number of hydrogen-bond acceptors (Lipinski definition) is 3. The van der Waals surface area contributed by atoms with Gasteiger partial charge in [0, 0.05) is 19.2 Å². The Morgan fingerprint density at radius 1 is 1.07 bits per heavy atom. The van der Waals surface area contributed by atoms with Gasteiger partial charge in [0.05, 0.1) is 5.69 Å². The second-order valence-electron chi connectivity index (χ2n) is 6.93. The first-order valence-corrected chi connectivity index (χ1v) is 9.61. The largest absolute Gasteiger partial charge is 0.359 e. The van der Waals surface area contributed by atoms with Crippen LogP contribution in [0.4, 0.5) is 0 Å². The van der Waals surface area contributed by atoms with Crippen LogP contribution in [0, 0.1) is 0 Å². The number of halogens is 1. The first-order valence-electron chi connectivity index (χ1n) is 9.61. The Hall–Kier alpha value is -2.09. The summed E-state index contributed by atoms with van der Waals surface area (Å²) in [5, 5.41) is 13.3. The molecule has 0 bridgehead atoms. The predicted molar refractivity (Wildman–Crippen MR) is 126 cm³/mol. The first kappa shape index (κ1) is 22.2. The molecule has 1 aromatic heterocycles. The third-order valence-corrected chi connectivity index (χ3v) is 4.43. The average Bonchev–Trinajstić information content (AvgIpc) is 3.15. The van der Waals surface area contributed by atoms with Gasteiger partial charge in [-0.3, -0.25) is 0 Å². The lowest BCUT2D eigenvalue weighted by Gasteiger charge is -2.11. The van der Waals surface area contributed by atoms with Crippen molar-refractivity contribution in [2.24, 2.45) is 4.99 Å². The molecular weight excluding hydrogens is 463 g/mol. The molecule has 0 spiro atoms. The number of fused-ring (bicyclic) bond motifs is 1. The summed E-state index contributed by atoms with van der Waals surface area (Å²) in [5.74, 6) is 1.94. The fraction of sp³-hybridized carbons (Fsp3) is 0.364. The van der Waals surface area contributed by atoms with Crippen LogP contribution in [0.15, 0.2) is 58.0 Å². The standard InChI is InChI=1S/C22H28N4O.HI/c1-4-23-22(25-15-20-14-21(16(2)3)26-27-20)24-12-11-17-9-10-18-7-5-6-8-19(18)13-17;/h5-10,13-14,16H,4,11-12,15H2,1-3H3,(H2,23,24,25);1H. The summed E-state index contributed by atoms with van der Waals surface area (Å²) in [6, 6.07) is 17.0. The Kier molecular flexibility index (Phi) is 8.76. The summed E-state index contributed by atoms with van der Waals surface area (Å²) in [4.78, 5) is 4.60. The summed E-state index contributed by atoms with van der Waals surface area (Å²) < 4.78 is 5.36. The van der Waals surface area contributed by atoms with Gasteiger partial charge in [-0.15, -0.1) is 24.0 Å². The molecule has 0 fully saturated rings.